The van der Waals surface area contributed by atoms with Crippen LogP contribution in [0.2, 0.25) is 0 Å². The standard InChI is InChI=1S/C14H14FN3O/c1-8-6-10(3-4-11(8)15)18-13-7-9(14(17)19)2-5-12(13)16/h2-7,18H,16H2,1H3,(H2,17,19). The number of anilines is 3. The number of halogens is 1. The maximum atomic E-state index is 13.2. The van der Waals surface area contributed by atoms with E-state index in [0.717, 1.165) is 0 Å². The predicted molar refractivity (Wildman–Crippen MR) is 73.8 cm³/mol. The van der Waals surface area contributed by atoms with Crippen molar-refractivity contribution in [3.05, 3.63) is 53.3 Å². The van der Waals surface area contributed by atoms with Crippen LogP contribution in [0.1, 0.15) is 15.9 Å². The molecule has 0 aromatic heterocycles. The summed E-state index contributed by atoms with van der Waals surface area (Å²) in [6.07, 6.45) is 0. The number of nitrogens with one attached hydrogen (secondary N) is 1. The Morgan fingerprint density at radius 3 is 2.58 bits per heavy atom. The molecule has 4 nitrogen and oxygen atoms in total. The molecule has 5 heteroatoms. The SMILES string of the molecule is Cc1cc(Nc2cc(C(N)=O)ccc2N)ccc1F. The van der Waals surface area contributed by atoms with Crippen molar-refractivity contribution in [3.63, 3.8) is 0 Å². The van der Waals surface area contributed by atoms with Crippen LogP contribution in [0.4, 0.5) is 21.5 Å². The second-order valence-electron chi connectivity index (χ2n) is 4.26. The number of nitrogens with two attached hydrogens (primary N) is 2. The summed E-state index contributed by atoms with van der Waals surface area (Å²) < 4.78 is 13.2. The first kappa shape index (κ1) is 12.9. The van der Waals surface area contributed by atoms with Crippen LogP contribution >= 0.6 is 0 Å². The van der Waals surface area contributed by atoms with Gasteiger partial charge >= 0.3 is 0 Å². The first-order valence-corrected chi connectivity index (χ1v) is 5.70. The lowest BCUT2D eigenvalue weighted by atomic mass is 10.1. The van der Waals surface area contributed by atoms with Crippen LogP contribution in [0.3, 0.4) is 0 Å². The molecular formula is C14H14FN3O. The Kier molecular flexibility index (Phi) is 3.37. The summed E-state index contributed by atoms with van der Waals surface area (Å²) in [5.74, 6) is -0.803. The van der Waals surface area contributed by atoms with E-state index < -0.39 is 5.91 Å². The normalized spacial score (nSPS) is 10.2. The lowest BCUT2D eigenvalue weighted by Crippen LogP contribution is -2.11. The number of benzene rings is 2. The van der Waals surface area contributed by atoms with Crippen molar-refractivity contribution in [2.45, 2.75) is 6.92 Å². The van der Waals surface area contributed by atoms with Crippen LogP contribution in [-0.4, -0.2) is 5.91 Å². The summed E-state index contributed by atoms with van der Waals surface area (Å²) in [7, 11) is 0. The number of hydrogen-bond acceptors (Lipinski definition) is 3. The van der Waals surface area contributed by atoms with E-state index in [1.807, 2.05) is 0 Å². The predicted octanol–water partition coefficient (Wildman–Crippen LogP) is 2.56. The van der Waals surface area contributed by atoms with Gasteiger partial charge in [0, 0.05) is 11.3 Å². The highest BCUT2D eigenvalue weighted by atomic mass is 19.1. The number of rotatable bonds is 3. The largest absolute Gasteiger partial charge is 0.397 e. The lowest BCUT2D eigenvalue weighted by molar-refractivity contribution is 0.100. The molecule has 0 radical (unpaired) electrons. The average molecular weight is 259 g/mol. The third-order valence-electron chi connectivity index (χ3n) is 2.77. The number of nitrogen functional groups attached to an aromatic ring is 1. The van der Waals surface area contributed by atoms with Gasteiger partial charge in [0.05, 0.1) is 11.4 Å². The molecule has 2 aromatic carbocycles. The second kappa shape index (κ2) is 4.97. The number of hydrogen-bond donors (Lipinski definition) is 3. The fourth-order valence-corrected chi connectivity index (χ4v) is 1.70. The lowest BCUT2D eigenvalue weighted by Gasteiger charge is -2.11. The zero-order chi connectivity index (χ0) is 14.0. The Balaban J connectivity index is 2.34. The smallest absolute Gasteiger partial charge is 0.248 e. The number of carbonyl (C=O) groups excluding carboxylic acids is 1. The Labute approximate surface area is 110 Å². The van der Waals surface area contributed by atoms with Crippen molar-refractivity contribution < 1.29 is 9.18 Å². The molecule has 0 spiro atoms. The van der Waals surface area contributed by atoms with Crippen molar-refractivity contribution in [2.75, 3.05) is 11.1 Å². The summed E-state index contributed by atoms with van der Waals surface area (Å²) in [4.78, 5) is 11.1. The summed E-state index contributed by atoms with van der Waals surface area (Å²) in [5, 5.41) is 3.04. The molecule has 1 amide bonds. The highest BCUT2D eigenvalue weighted by molar-refractivity contribution is 5.95. The first-order valence-electron chi connectivity index (χ1n) is 5.70. The van der Waals surface area contributed by atoms with Crippen molar-refractivity contribution in [1.82, 2.24) is 0 Å². The Bertz CT molecular complexity index is 641. The zero-order valence-electron chi connectivity index (χ0n) is 10.4. The van der Waals surface area contributed by atoms with Gasteiger partial charge in [0.2, 0.25) is 5.91 Å². The molecule has 5 N–H and O–H groups in total. The minimum atomic E-state index is -0.529. The summed E-state index contributed by atoms with van der Waals surface area (Å²) >= 11 is 0. The highest BCUT2D eigenvalue weighted by Gasteiger charge is 2.06. The molecule has 0 aliphatic rings. The molecule has 0 fully saturated rings. The van der Waals surface area contributed by atoms with E-state index in [-0.39, 0.29) is 5.82 Å². The van der Waals surface area contributed by atoms with Gasteiger partial charge in [-0.3, -0.25) is 4.79 Å². The topological polar surface area (TPSA) is 81.1 Å². The fraction of sp³-hybridized carbons (Fsp3) is 0.0714. The van der Waals surface area contributed by atoms with Crippen LogP contribution in [0, 0.1) is 12.7 Å². The van der Waals surface area contributed by atoms with Gasteiger partial charge in [-0.25, -0.2) is 4.39 Å². The number of carbonyl (C=O) groups is 1. The Morgan fingerprint density at radius 2 is 1.95 bits per heavy atom. The molecule has 0 unspecified atom stereocenters. The van der Waals surface area contributed by atoms with Crippen LogP contribution in [0.15, 0.2) is 36.4 Å². The summed E-state index contributed by atoms with van der Waals surface area (Å²) in [5.41, 5.74) is 13.6. The molecular weight excluding hydrogens is 245 g/mol. The van der Waals surface area contributed by atoms with Gasteiger partial charge < -0.3 is 16.8 Å². The Morgan fingerprint density at radius 1 is 1.21 bits per heavy atom. The molecule has 0 saturated carbocycles. The van der Waals surface area contributed by atoms with E-state index >= 15 is 0 Å². The van der Waals surface area contributed by atoms with Gasteiger partial charge in [0.25, 0.3) is 0 Å². The average Bonchev–Trinajstić information content (AvgIpc) is 2.36. The van der Waals surface area contributed by atoms with E-state index in [1.54, 1.807) is 37.3 Å². The number of primary amides is 1. The highest BCUT2D eigenvalue weighted by Crippen LogP contribution is 2.25. The van der Waals surface area contributed by atoms with E-state index in [1.165, 1.54) is 6.07 Å². The molecule has 0 aliphatic carbocycles. The third-order valence-corrected chi connectivity index (χ3v) is 2.77. The quantitative estimate of drug-likeness (QED) is 0.741. The van der Waals surface area contributed by atoms with Crippen molar-refractivity contribution in [2.24, 2.45) is 5.73 Å². The zero-order valence-corrected chi connectivity index (χ0v) is 10.4. The molecule has 0 atom stereocenters. The van der Waals surface area contributed by atoms with Crippen LogP contribution in [0.5, 0.6) is 0 Å². The molecule has 0 bridgehead atoms. The monoisotopic (exact) mass is 259 g/mol. The van der Waals surface area contributed by atoms with Gasteiger partial charge in [-0.05, 0) is 48.9 Å². The number of amides is 1. The van der Waals surface area contributed by atoms with Gasteiger partial charge in [0.1, 0.15) is 5.82 Å². The van der Waals surface area contributed by atoms with E-state index in [2.05, 4.69) is 5.32 Å². The maximum absolute atomic E-state index is 13.2. The molecule has 19 heavy (non-hydrogen) atoms. The van der Waals surface area contributed by atoms with Crippen molar-refractivity contribution in [3.8, 4) is 0 Å². The molecule has 0 heterocycles. The van der Waals surface area contributed by atoms with Gasteiger partial charge in [-0.15, -0.1) is 0 Å². The minimum absolute atomic E-state index is 0.274. The summed E-state index contributed by atoms with van der Waals surface area (Å²) in [6, 6.07) is 9.34. The van der Waals surface area contributed by atoms with Crippen LogP contribution < -0.4 is 16.8 Å². The Hall–Kier alpha value is -2.56. The van der Waals surface area contributed by atoms with Crippen LogP contribution in [0.25, 0.3) is 0 Å². The van der Waals surface area contributed by atoms with Gasteiger partial charge in [0.15, 0.2) is 0 Å². The molecule has 0 saturated heterocycles. The fourth-order valence-electron chi connectivity index (χ4n) is 1.70. The van der Waals surface area contributed by atoms with Gasteiger partial charge in [-0.2, -0.15) is 0 Å². The number of aryl methyl sites for hydroxylation is 1. The third kappa shape index (κ3) is 2.82. The summed E-state index contributed by atoms with van der Waals surface area (Å²) in [6.45, 7) is 1.67. The van der Waals surface area contributed by atoms with E-state index in [9.17, 15) is 9.18 Å². The second-order valence-corrected chi connectivity index (χ2v) is 4.26. The van der Waals surface area contributed by atoms with Crippen molar-refractivity contribution in [1.29, 1.82) is 0 Å². The first-order chi connectivity index (χ1) is 8.97. The molecule has 2 aromatic rings. The van der Waals surface area contributed by atoms with E-state index in [0.29, 0.717) is 28.2 Å². The van der Waals surface area contributed by atoms with Crippen LogP contribution in [-0.2, 0) is 0 Å². The maximum Gasteiger partial charge on any atom is 0.248 e. The molecule has 2 rings (SSSR count). The molecule has 0 aliphatic heterocycles. The van der Waals surface area contributed by atoms with Gasteiger partial charge in [-0.1, -0.05) is 0 Å². The van der Waals surface area contributed by atoms with Crippen molar-refractivity contribution >= 4 is 23.0 Å². The molecule has 98 valence electrons. The minimum Gasteiger partial charge on any atom is -0.397 e. The van der Waals surface area contributed by atoms with E-state index in [4.69, 9.17) is 11.5 Å².